The van der Waals surface area contributed by atoms with Crippen molar-refractivity contribution in [2.75, 3.05) is 50.5 Å². The number of nitriles is 1. The normalized spacial score (nSPS) is 24.7. The molecule has 0 radical (unpaired) electrons. The van der Waals surface area contributed by atoms with E-state index < -0.39 is 36.1 Å². The number of benzene rings is 2. The lowest BCUT2D eigenvalue weighted by Gasteiger charge is -2.34. The van der Waals surface area contributed by atoms with Crippen molar-refractivity contribution in [1.82, 2.24) is 19.8 Å². The summed E-state index contributed by atoms with van der Waals surface area (Å²) >= 11 is 7.98. The van der Waals surface area contributed by atoms with Gasteiger partial charge in [0.25, 0.3) is 5.91 Å². The van der Waals surface area contributed by atoms with E-state index in [0.717, 1.165) is 54.7 Å². The average Bonchev–Trinajstić information content (AvgIpc) is 3.66. The number of nitrogens with two attached hydrogens (primary N) is 1. The van der Waals surface area contributed by atoms with Crippen LogP contribution in [0.25, 0.3) is 32.1 Å². The maximum Gasteiger partial charge on any atom is 0.319 e. The number of likely N-dealkylation sites (tertiary alicyclic amines) is 1. The first-order valence-electron chi connectivity index (χ1n) is 16.9. The Bertz CT molecular complexity index is 2150. The Morgan fingerprint density at radius 1 is 1.24 bits per heavy atom. The number of amides is 1. The van der Waals surface area contributed by atoms with Crippen LogP contribution in [0, 0.1) is 28.9 Å². The first kappa shape index (κ1) is 34.0. The van der Waals surface area contributed by atoms with E-state index in [1.54, 1.807) is 11.9 Å². The maximum absolute atomic E-state index is 17.3. The predicted octanol–water partition coefficient (Wildman–Crippen LogP) is 6.60. The van der Waals surface area contributed by atoms with Gasteiger partial charge < -0.3 is 25.0 Å². The molecule has 268 valence electrons. The van der Waals surface area contributed by atoms with Gasteiger partial charge in [-0.15, -0.1) is 11.3 Å². The Hall–Kier alpha value is -4.13. The molecule has 0 spiro atoms. The van der Waals surface area contributed by atoms with E-state index >= 15 is 8.78 Å². The fourth-order valence-electron chi connectivity index (χ4n) is 8.70. The van der Waals surface area contributed by atoms with Gasteiger partial charge in [-0.05, 0) is 56.2 Å². The third-order valence-corrected chi connectivity index (χ3v) is 12.4. The van der Waals surface area contributed by atoms with E-state index in [1.165, 1.54) is 6.07 Å². The van der Waals surface area contributed by atoms with Gasteiger partial charge in [0.2, 0.25) is 0 Å². The van der Waals surface area contributed by atoms with E-state index in [-0.39, 0.29) is 90.5 Å². The lowest BCUT2D eigenvalue weighted by atomic mass is 9.92. The largest absolute Gasteiger partial charge is 0.486 e. The molecule has 3 saturated heterocycles. The smallest absolute Gasteiger partial charge is 0.319 e. The molecule has 0 aliphatic carbocycles. The second-order valence-corrected chi connectivity index (χ2v) is 15.5. The zero-order valence-corrected chi connectivity index (χ0v) is 29.4. The van der Waals surface area contributed by atoms with Gasteiger partial charge in [0.1, 0.15) is 40.9 Å². The van der Waals surface area contributed by atoms with E-state index in [0.29, 0.717) is 18.8 Å². The molecule has 4 atom stereocenters. The lowest BCUT2D eigenvalue weighted by molar-refractivity contribution is -0.143. The van der Waals surface area contributed by atoms with Crippen LogP contribution in [0.1, 0.15) is 44.6 Å². The highest BCUT2D eigenvalue weighted by Crippen LogP contribution is 2.52. The van der Waals surface area contributed by atoms with Crippen molar-refractivity contribution in [2.24, 2.45) is 5.92 Å². The zero-order valence-electron chi connectivity index (χ0n) is 27.8. The third-order valence-electron chi connectivity index (χ3n) is 11.0. The number of hydrogen-bond acceptors (Lipinski definition) is 10. The average molecular weight is 744 g/mol. The SMILES string of the molecule is C[C@H]1CN2CCC[C@@]2(COc2nc3c4c(c(Cl)c(-c5ccc(F)c6sc(N)c(C#N)c56)c(F)c4n2)OC2CCCN(C(=O)C(F)F)CC2N3C)C1. The topological polar surface area (TPSA) is 121 Å². The first-order chi connectivity index (χ1) is 24.4. The number of carbonyl (C=O) groups excluding carboxylic acids is 1. The molecule has 2 aromatic heterocycles. The van der Waals surface area contributed by atoms with Gasteiger partial charge in [0, 0.05) is 37.6 Å². The molecule has 16 heteroatoms. The molecule has 4 aliphatic rings. The number of ether oxygens (including phenoxy) is 2. The highest BCUT2D eigenvalue weighted by atomic mass is 35.5. The summed E-state index contributed by atoms with van der Waals surface area (Å²) in [6, 6.07) is 3.73. The van der Waals surface area contributed by atoms with Gasteiger partial charge >= 0.3 is 12.4 Å². The van der Waals surface area contributed by atoms with Crippen LogP contribution < -0.4 is 20.1 Å². The summed E-state index contributed by atoms with van der Waals surface area (Å²) in [5.74, 6) is -2.08. The van der Waals surface area contributed by atoms with Gasteiger partial charge in [-0.25, -0.2) is 8.78 Å². The highest BCUT2D eigenvalue weighted by molar-refractivity contribution is 7.23. The minimum Gasteiger partial charge on any atom is -0.486 e. The van der Waals surface area contributed by atoms with Crippen molar-refractivity contribution in [3.05, 3.63) is 34.4 Å². The molecule has 8 rings (SSSR count). The molecule has 10 nitrogen and oxygen atoms in total. The molecular weight excluding hydrogens is 710 g/mol. The molecule has 4 aromatic rings. The number of anilines is 2. The van der Waals surface area contributed by atoms with E-state index in [4.69, 9.17) is 31.8 Å². The second-order valence-electron chi connectivity index (χ2n) is 14.1. The summed E-state index contributed by atoms with van der Waals surface area (Å²) < 4.78 is 72.7. The number of rotatable bonds is 5. The molecule has 2 unspecified atom stereocenters. The molecular formula is C35H34ClF4N7O3S. The van der Waals surface area contributed by atoms with Crippen LogP contribution in [0.3, 0.4) is 0 Å². The van der Waals surface area contributed by atoms with Crippen molar-refractivity contribution < 1.29 is 31.8 Å². The number of carbonyl (C=O) groups is 1. The van der Waals surface area contributed by atoms with E-state index in [1.807, 2.05) is 6.07 Å². The monoisotopic (exact) mass is 743 g/mol. The lowest BCUT2D eigenvalue weighted by Crippen LogP contribution is -2.51. The Morgan fingerprint density at radius 2 is 2.04 bits per heavy atom. The number of nitrogen functional groups attached to an aromatic ring is 1. The Balaban J connectivity index is 1.33. The number of thiophene rings is 1. The summed E-state index contributed by atoms with van der Waals surface area (Å²) in [7, 11) is 1.69. The Labute approximate surface area is 299 Å². The summed E-state index contributed by atoms with van der Waals surface area (Å²) in [6.45, 7) is 4.37. The quantitative estimate of drug-likeness (QED) is 0.226. The summed E-state index contributed by atoms with van der Waals surface area (Å²) in [5.41, 5.74) is 5.65. The van der Waals surface area contributed by atoms with Crippen molar-refractivity contribution in [2.45, 2.75) is 63.1 Å². The highest BCUT2D eigenvalue weighted by Gasteiger charge is 2.48. The molecule has 2 N–H and O–H groups in total. The number of likely N-dealkylation sites (N-methyl/N-ethyl adjacent to an activating group) is 1. The van der Waals surface area contributed by atoms with Gasteiger partial charge in [-0.3, -0.25) is 9.69 Å². The number of hydrogen-bond donors (Lipinski definition) is 1. The van der Waals surface area contributed by atoms with Crippen molar-refractivity contribution in [3.8, 4) is 29.0 Å². The number of fused-ring (bicyclic) bond motifs is 3. The van der Waals surface area contributed by atoms with Crippen LogP contribution in [0.5, 0.6) is 11.8 Å². The molecule has 4 aliphatic heterocycles. The van der Waals surface area contributed by atoms with Crippen LogP contribution in [-0.4, -0.2) is 89.6 Å². The second kappa shape index (κ2) is 12.5. The van der Waals surface area contributed by atoms with Gasteiger partial charge in [-0.2, -0.15) is 24.0 Å². The number of nitrogens with zero attached hydrogens (tertiary/aromatic N) is 6. The molecule has 1 amide bonds. The fourth-order valence-corrected chi connectivity index (χ4v) is 9.97. The van der Waals surface area contributed by atoms with Crippen molar-refractivity contribution in [1.29, 1.82) is 5.26 Å². The van der Waals surface area contributed by atoms with Crippen molar-refractivity contribution >= 4 is 60.7 Å². The summed E-state index contributed by atoms with van der Waals surface area (Å²) in [4.78, 5) is 27.1. The molecule has 51 heavy (non-hydrogen) atoms. The van der Waals surface area contributed by atoms with Crippen LogP contribution in [-0.2, 0) is 4.79 Å². The van der Waals surface area contributed by atoms with Crippen molar-refractivity contribution in [3.63, 3.8) is 0 Å². The standard InChI is InChI=1S/C35H34ClF4N7O3S/c1-16-11-35(8-4-10-47(35)13-16)15-49-34-43-27-24-28(50-21-5-3-9-46(33(48)30(39)40)14-20(21)45(2)32(24)44-34)25(36)23(26(27)38)17-6-7-19(37)29-22(17)18(12-41)31(42)51-29/h6-7,16,20-21,30H,3-5,8-11,13-15,42H2,1-2H3/t16-,20?,21?,35+/m1/s1. The fraction of sp³-hybridized carbons (Fsp3) is 0.486. The van der Waals surface area contributed by atoms with Gasteiger partial charge in [-0.1, -0.05) is 24.6 Å². The van der Waals surface area contributed by atoms with Gasteiger partial charge in [0.05, 0.1) is 32.3 Å². The molecule has 2 aromatic carbocycles. The minimum absolute atomic E-state index is 0.0160. The van der Waals surface area contributed by atoms with Crippen LogP contribution >= 0.6 is 22.9 Å². The minimum atomic E-state index is -3.18. The maximum atomic E-state index is 17.3. The van der Waals surface area contributed by atoms with E-state index in [9.17, 15) is 18.8 Å². The third kappa shape index (κ3) is 5.32. The van der Waals surface area contributed by atoms with Crippen LogP contribution in [0.15, 0.2) is 12.1 Å². The molecule has 3 fully saturated rings. The Kier molecular flexibility index (Phi) is 8.35. The van der Waals surface area contributed by atoms with Gasteiger partial charge in [0.15, 0.2) is 11.6 Å². The summed E-state index contributed by atoms with van der Waals surface area (Å²) in [6.07, 6.45) is -0.259. The molecule has 0 saturated carbocycles. The molecule has 0 bridgehead atoms. The zero-order chi connectivity index (χ0) is 35.9. The van der Waals surface area contributed by atoms with Crippen LogP contribution in [0.2, 0.25) is 5.02 Å². The molecule has 6 heterocycles. The Morgan fingerprint density at radius 3 is 2.80 bits per heavy atom. The number of aromatic nitrogens is 2. The first-order valence-corrected chi connectivity index (χ1v) is 18.1. The van der Waals surface area contributed by atoms with E-state index in [2.05, 4.69) is 16.8 Å². The number of alkyl halides is 2. The predicted molar refractivity (Wildman–Crippen MR) is 186 cm³/mol. The number of halogens is 5. The summed E-state index contributed by atoms with van der Waals surface area (Å²) in [5, 5.41) is 10.1. The van der Waals surface area contributed by atoms with Crippen LogP contribution in [0.4, 0.5) is 28.4 Å².